The number of rotatable bonds is 2. The molecule has 0 N–H and O–H groups in total. The van der Waals surface area contributed by atoms with Crippen LogP contribution in [0.2, 0.25) is 0 Å². The smallest absolute Gasteiger partial charge is 0.00981 e. The van der Waals surface area contributed by atoms with Gasteiger partial charge in [-0.25, -0.2) is 0 Å². The first-order chi connectivity index (χ1) is 6.97. The van der Waals surface area contributed by atoms with E-state index in [-0.39, 0.29) is 0 Å². The molecule has 0 aromatic heterocycles. The van der Waals surface area contributed by atoms with E-state index in [0.29, 0.717) is 5.41 Å². The van der Waals surface area contributed by atoms with Gasteiger partial charge in [0.05, 0.1) is 0 Å². The van der Waals surface area contributed by atoms with Crippen LogP contribution in [0.3, 0.4) is 0 Å². The molecule has 0 unspecified atom stereocenters. The lowest BCUT2D eigenvalue weighted by atomic mass is 9.73. The van der Waals surface area contributed by atoms with E-state index in [1.54, 1.807) is 0 Å². The molecule has 0 amide bonds. The van der Waals surface area contributed by atoms with Gasteiger partial charge in [-0.3, -0.25) is 0 Å². The topological polar surface area (TPSA) is 0 Å². The average Bonchev–Trinajstić information content (AvgIpc) is 2.15. The molecule has 0 radical (unpaired) electrons. The van der Waals surface area contributed by atoms with Crippen molar-refractivity contribution in [2.45, 2.75) is 40.5 Å². The van der Waals surface area contributed by atoms with Crippen LogP contribution in [0, 0.1) is 5.41 Å². The van der Waals surface area contributed by atoms with Crippen LogP contribution in [-0.2, 0) is 0 Å². The summed E-state index contributed by atoms with van der Waals surface area (Å²) in [6.07, 6.45) is 11.1. The van der Waals surface area contributed by atoms with E-state index in [2.05, 4.69) is 52.5 Å². The summed E-state index contributed by atoms with van der Waals surface area (Å²) in [5, 5.41) is 0. The van der Waals surface area contributed by atoms with E-state index < -0.39 is 0 Å². The molecule has 1 aliphatic carbocycles. The molecule has 1 rings (SSSR count). The fourth-order valence-electron chi connectivity index (χ4n) is 2.07. The van der Waals surface area contributed by atoms with Gasteiger partial charge in [0.15, 0.2) is 0 Å². The molecule has 1 aliphatic rings. The van der Waals surface area contributed by atoms with Crippen LogP contribution in [0.15, 0.2) is 47.6 Å². The molecule has 0 heteroatoms. The molecule has 0 aromatic carbocycles. The van der Waals surface area contributed by atoms with Crippen molar-refractivity contribution in [2.75, 3.05) is 0 Å². The summed E-state index contributed by atoms with van der Waals surface area (Å²) in [4.78, 5) is 0. The van der Waals surface area contributed by atoms with Crippen LogP contribution in [0.5, 0.6) is 0 Å². The Kier molecular flexibility index (Phi) is 3.73. The number of allylic oxidation sites excluding steroid dienone is 7. The van der Waals surface area contributed by atoms with Gasteiger partial charge in [-0.1, -0.05) is 55.9 Å². The van der Waals surface area contributed by atoms with Crippen LogP contribution in [0.1, 0.15) is 40.5 Å². The summed E-state index contributed by atoms with van der Waals surface area (Å²) < 4.78 is 0. The second-order valence-electron chi connectivity index (χ2n) is 5.00. The first-order valence-corrected chi connectivity index (χ1v) is 5.66. The Morgan fingerprint density at radius 3 is 2.67 bits per heavy atom. The Labute approximate surface area is 94.1 Å². The molecule has 0 nitrogen and oxygen atoms in total. The maximum Gasteiger partial charge on any atom is -0.00981 e. The van der Waals surface area contributed by atoms with Crippen molar-refractivity contribution in [1.29, 1.82) is 0 Å². The van der Waals surface area contributed by atoms with Gasteiger partial charge in [0.1, 0.15) is 0 Å². The monoisotopic (exact) mass is 202 g/mol. The van der Waals surface area contributed by atoms with E-state index in [4.69, 9.17) is 0 Å². The van der Waals surface area contributed by atoms with Crippen molar-refractivity contribution in [3.05, 3.63) is 47.6 Å². The Morgan fingerprint density at radius 1 is 1.47 bits per heavy atom. The quantitative estimate of drug-likeness (QED) is 0.564. The summed E-state index contributed by atoms with van der Waals surface area (Å²) in [7, 11) is 0. The van der Waals surface area contributed by atoms with Crippen molar-refractivity contribution in [3.8, 4) is 0 Å². The fraction of sp³-hybridized carbons (Fsp3) is 0.467. The van der Waals surface area contributed by atoms with Crippen molar-refractivity contribution >= 4 is 0 Å². The summed E-state index contributed by atoms with van der Waals surface area (Å²) in [5.41, 5.74) is 4.43. The van der Waals surface area contributed by atoms with E-state index in [0.717, 1.165) is 0 Å². The number of hydrogen-bond acceptors (Lipinski definition) is 0. The van der Waals surface area contributed by atoms with Gasteiger partial charge in [0.25, 0.3) is 0 Å². The van der Waals surface area contributed by atoms with Crippen LogP contribution in [0.4, 0.5) is 0 Å². The van der Waals surface area contributed by atoms with Gasteiger partial charge in [0.2, 0.25) is 0 Å². The largest absolute Gasteiger partial charge is 0.0988 e. The van der Waals surface area contributed by atoms with Gasteiger partial charge in [0, 0.05) is 0 Å². The van der Waals surface area contributed by atoms with Gasteiger partial charge < -0.3 is 0 Å². The summed E-state index contributed by atoms with van der Waals surface area (Å²) in [6.45, 7) is 12.7. The van der Waals surface area contributed by atoms with Gasteiger partial charge in [-0.2, -0.15) is 0 Å². The highest BCUT2D eigenvalue weighted by atomic mass is 14.3. The van der Waals surface area contributed by atoms with Gasteiger partial charge in [-0.05, 0) is 37.7 Å². The predicted octanol–water partition coefficient (Wildman–Crippen LogP) is 4.81. The third kappa shape index (κ3) is 2.95. The van der Waals surface area contributed by atoms with Crippen LogP contribution in [0.25, 0.3) is 0 Å². The lowest BCUT2D eigenvalue weighted by Gasteiger charge is -2.32. The molecule has 0 atom stereocenters. The SMILES string of the molecule is C=C/C(C)=C/C=C1C(C)=CCCC1(C)C. The molecule has 0 fully saturated rings. The highest BCUT2D eigenvalue weighted by Gasteiger charge is 2.25. The first kappa shape index (κ1) is 12.0. The van der Waals surface area contributed by atoms with E-state index in [9.17, 15) is 0 Å². The predicted molar refractivity (Wildman–Crippen MR) is 68.8 cm³/mol. The Morgan fingerprint density at radius 2 is 2.13 bits per heavy atom. The molecular formula is C15H22. The summed E-state index contributed by atoms with van der Waals surface area (Å²) >= 11 is 0. The normalized spacial score (nSPS) is 23.9. The minimum absolute atomic E-state index is 0.316. The molecule has 0 saturated heterocycles. The van der Waals surface area contributed by atoms with E-state index in [1.165, 1.54) is 29.6 Å². The molecular weight excluding hydrogens is 180 g/mol. The molecule has 0 bridgehead atoms. The lowest BCUT2D eigenvalue weighted by molar-refractivity contribution is 0.404. The molecule has 0 aliphatic heterocycles. The zero-order valence-corrected chi connectivity index (χ0v) is 10.4. The lowest BCUT2D eigenvalue weighted by Crippen LogP contribution is -2.18. The van der Waals surface area contributed by atoms with Crippen molar-refractivity contribution in [2.24, 2.45) is 5.41 Å². The molecule has 0 heterocycles. The molecule has 0 spiro atoms. The molecule has 82 valence electrons. The minimum atomic E-state index is 0.316. The fourth-order valence-corrected chi connectivity index (χ4v) is 2.07. The molecule has 15 heavy (non-hydrogen) atoms. The van der Waals surface area contributed by atoms with Crippen molar-refractivity contribution in [3.63, 3.8) is 0 Å². The zero-order valence-electron chi connectivity index (χ0n) is 10.4. The number of hydrogen-bond donors (Lipinski definition) is 0. The second-order valence-corrected chi connectivity index (χ2v) is 5.00. The van der Waals surface area contributed by atoms with Gasteiger partial charge >= 0.3 is 0 Å². The third-order valence-corrected chi connectivity index (χ3v) is 3.21. The van der Waals surface area contributed by atoms with Crippen LogP contribution < -0.4 is 0 Å². The Bertz CT molecular complexity index is 335. The summed E-state index contributed by atoms with van der Waals surface area (Å²) in [6, 6.07) is 0. The summed E-state index contributed by atoms with van der Waals surface area (Å²) in [5.74, 6) is 0. The second kappa shape index (κ2) is 4.65. The van der Waals surface area contributed by atoms with Crippen molar-refractivity contribution in [1.82, 2.24) is 0 Å². The molecule has 0 aromatic rings. The highest BCUT2D eigenvalue weighted by molar-refractivity contribution is 5.40. The highest BCUT2D eigenvalue weighted by Crippen LogP contribution is 2.40. The minimum Gasteiger partial charge on any atom is -0.0988 e. The van der Waals surface area contributed by atoms with E-state index >= 15 is 0 Å². The first-order valence-electron chi connectivity index (χ1n) is 5.66. The standard InChI is InChI=1S/C15H22/c1-6-12(2)9-10-14-13(3)8-7-11-15(14,4)5/h6,8-10H,1,7,11H2,2-5H3/b12-9+,14-10?. The third-order valence-electron chi connectivity index (χ3n) is 3.21. The zero-order chi connectivity index (χ0) is 11.5. The Balaban J connectivity index is 3.04. The van der Waals surface area contributed by atoms with Gasteiger partial charge in [-0.15, -0.1) is 0 Å². The maximum atomic E-state index is 3.77. The maximum absolute atomic E-state index is 3.77. The molecule has 0 saturated carbocycles. The average molecular weight is 202 g/mol. The van der Waals surface area contributed by atoms with E-state index in [1.807, 2.05) is 6.08 Å². The Hall–Kier alpha value is -1.04. The van der Waals surface area contributed by atoms with Crippen LogP contribution in [-0.4, -0.2) is 0 Å². The van der Waals surface area contributed by atoms with Crippen LogP contribution >= 0.6 is 0 Å². The van der Waals surface area contributed by atoms with Crippen molar-refractivity contribution < 1.29 is 0 Å².